The van der Waals surface area contributed by atoms with E-state index in [1.807, 2.05) is 67.6 Å². The molecule has 0 aliphatic rings. The van der Waals surface area contributed by atoms with Crippen LogP contribution in [0.25, 0.3) is 11.1 Å². The lowest BCUT2D eigenvalue weighted by atomic mass is 10.1. The Morgan fingerprint density at radius 3 is 2.50 bits per heavy atom. The zero-order valence-corrected chi connectivity index (χ0v) is 15.3. The van der Waals surface area contributed by atoms with Crippen molar-refractivity contribution in [3.63, 3.8) is 0 Å². The summed E-state index contributed by atoms with van der Waals surface area (Å²) in [5.74, 6) is 0.637. The summed E-state index contributed by atoms with van der Waals surface area (Å²) < 4.78 is 5.88. The van der Waals surface area contributed by atoms with Gasteiger partial charge in [0.1, 0.15) is 12.4 Å². The molecule has 0 bridgehead atoms. The van der Waals surface area contributed by atoms with Crippen LogP contribution in [0.2, 0.25) is 5.02 Å². The highest BCUT2D eigenvalue weighted by atomic mass is 35.5. The molecule has 0 heterocycles. The van der Waals surface area contributed by atoms with Crippen LogP contribution in [-0.4, -0.2) is 19.1 Å². The average molecular weight is 366 g/mol. The van der Waals surface area contributed by atoms with Gasteiger partial charge in [-0.1, -0.05) is 66.2 Å². The average Bonchev–Trinajstić information content (AvgIpc) is 2.68. The van der Waals surface area contributed by atoms with Gasteiger partial charge in [0.05, 0.1) is 6.54 Å². The van der Waals surface area contributed by atoms with Crippen LogP contribution in [0.1, 0.15) is 15.9 Å². The Morgan fingerprint density at radius 2 is 1.73 bits per heavy atom. The number of carbonyl (C=O) groups excluding carboxylic acids is 1. The highest BCUT2D eigenvalue weighted by molar-refractivity contribution is 6.31. The summed E-state index contributed by atoms with van der Waals surface area (Å²) in [6.45, 7) is 2.70. The highest BCUT2D eigenvalue weighted by Crippen LogP contribution is 2.29. The predicted molar refractivity (Wildman–Crippen MR) is 106 cm³/mol. The van der Waals surface area contributed by atoms with Gasteiger partial charge in [-0.05, 0) is 36.2 Å². The number of aryl methyl sites for hydroxylation is 1. The van der Waals surface area contributed by atoms with E-state index < -0.39 is 0 Å². The van der Waals surface area contributed by atoms with Crippen LogP contribution in [0.3, 0.4) is 0 Å². The van der Waals surface area contributed by atoms with Crippen molar-refractivity contribution in [3.05, 3.63) is 88.9 Å². The number of hydrogen-bond acceptors (Lipinski definition) is 2. The van der Waals surface area contributed by atoms with Crippen LogP contribution in [0, 0.1) is 6.92 Å². The molecule has 0 atom stereocenters. The molecular weight excluding hydrogens is 346 g/mol. The smallest absolute Gasteiger partial charge is 0.251 e. The van der Waals surface area contributed by atoms with E-state index in [1.54, 1.807) is 12.1 Å². The van der Waals surface area contributed by atoms with Crippen molar-refractivity contribution < 1.29 is 9.53 Å². The Balaban J connectivity index is 1.57. The maximum atomic E-state index is 12.2. The van der Waals surface area contributed by atoms with E-state index in [1.165, 1.54) is 0 Å². The Bertz CT molecular complexity index is 894. The first-order chi connectivity index (χ1) is 12.6. The fraction of sp³-hybridized carbons (Fsp3) is 0.136. The summed E-state index contributed by atoms with van der Waals surface area (Å²) in [6.07, 6.45) is 0. The van der Waals surface area contributed by atoms with Gasteiger partial charge in [-0.2, -0.15) is 0 Å². The van der Waals surface area contributed by atoms with Gasteiger partial charge in [-0.3, -0.25) is 4.79 Å². The van der Waals surface area contributed by atoms with E-state index in [4.69, 9.17) is 16.3 Å². The second-order valence-corrected chi connectivity index (χ2v) is 6.34. The molecule has 0 unspecified atom stereocenters. The van der Waals surface area contributed by atoms with Gasteiger partial charge in [0.15, 0.2) is 0 Å². The molecule has 0 radical (unpaired) electrons. The van der Waals surface area contributed by atoms with Gasteiger partial charge in [0.2, 0.25) is 0 Å². The largest absolute Gasteiger partial charge is 0.491 e. The van der Waals surface area contributed by atoms with Gasteiger partial charge >= 0.3 is 0 Å². The standard InChI is InChI=1S/C22H20ClNO2/c1-16-11-12-18(15-20(16)23)22(25)24-13-14-26-21-10-6-5-9-19(21)17-7-3-2-4-8-17/h2-12,15H,13-14H2,1H3,(H,24,25). The topological polar surface area (TPSA) is 38.3 Å². The maximum absolute atomic E-state index is 12.2. The van der Waals surface area contributed by atoms with E-state index in [-0.39, 0.29) is 5.91 Å². The van der Waals surface area contributed by atoms with E-state index in [0.29, 0.717) is 23.7 Å². The highest BCUT2D eigenvalue weighted by Gasteiger charge is 2.08. The summed E-state index contributed by atoms with van der Waals surface area (Å²) in [4.78, 5) is 12.2. The molecule has 1 N–H and O–H groups in total. The van der Waals surface area contributed by atoms with Crippen LogP contribution < -0.4 is 10.1 Å². The molecule has 4 heteroatoms. The first kappa shape index (κ1) is 18.0. The van der Waals surface area contributed by atoms with Crippen LogP contribution in [-0.2, 0) is 0 Å². The minimum absolute atomic E-state index is 0.160. The molecule has 0 aromatic heterocycles. The van der Waals surface area contributed by atoms with Crippen molar-refractivity contribution in [1.29, 1.82) is 0 Å². The first-order valence-corrected chi connectivity index (χ1v) is 8.84. The van der Waals surface area contributed by atoms with E-state index >= 15 is 0 Å². The number of amides is 1. The second-order valence-electron chi connectivity index (χ2n) is 5.93. The molecule has 3 aromatic rings. The maximum Gasteiger partial charge on any atom is 0.251 e. The third-order valence-corrected chi connectivity index (χ3v) is 4.46. The van der Waals surface area contributed by atoms with Crippen LogP contribution in [0.4, 0.5) is 0 Å². The van der Waals surface area contributed by atoms with Crippen molar-refractivity contribution in [1.82, 2.24) is 5.32 Å². The van der Waals surface area contributed by atoms with Gasteiger partial charge in [0, 0.05) is 16.1 Å². The third kappa shape index (κ3) is 4.44. The lowest BCUT2D eigenvalue weighted by Gasteiger charge is -2.12. The molecule has 0 aliphatic carbocycles. The zero-order valence-electron chi connectivity index (χ0n) is 14.5. The molecule has 0 saturated heterocycles. The molecule has 3 rings (SSSR count). The Hall–Kier alpha value is -2.78. The van der Waals surface area contributed by atoms with Crippen molar-refractivity contribution in [2.75, 3.05) is 13.2 Å². The molecule has 0 saturated carbocycles. The molecule has 132 valence electrons. The SMILES string of the molecule is Cc1ccc(C(=O)NCCOc2ccccc2-c2ccccc2)cc1Cl. The molecule has 3 nitrogen and oxygen atoms in total. The normalized spacial score (nSPS) is 10.4. The lowest BCUT2D eigenvalue weighted by Crippen LogP contribution is -2.28. The number of hydrogen-bond donors (Lipinski definition) is 1. The predicted octanol–water partition coefficient (Wildman–Crippen LogP) is 5.12. The number of para-hydroxylation sites is 1. The van der Waals surface area contributed by atoms with Crippen molar-refractivity contribution >= 4 is 17.5 Å². The fourth-order valence-electron chi connectivity index (χ4n) is 2.61. The number of ether oxygens (including phenoxy) is 1. The summed E-state index contributed by atoms with van der Waals surface area (Å²) in [6, 6.07) is 23.2. The van der Waals surface area contributed by atoms with Crippen molar-refractivity contribution in [3.8, 4) is 16.9 Å². The van der Waals surface area contributed by atoms with E-state index in [9.17, 15) is 4.79 Å². The van der Waals surface area contributed by atoms with Crippen LogP contribution in [0.15, 0.2) is 72.8 Å². The number of nitrogens with one attached hydrogen (secondary N) is 1. The van der Waals surface area contributed by atoms with Gasteiger partial charge in [-0.25, -0.2) is 0 Å². The van der Waals surface area contributed by atoms with Crippen LogP contribution in [0.5, 0.6) is 5.75 Å². The molecule has 26 heavy (non-hydrogen) atoms. The molecule has 0 fully saturated rings. The minimum Gasteiger partial charge on any atom is -0.491 e. The second kappa shape index (κ2) is 8.54. The summed E-state index contributed by atoms with van der Waals surface area (Å²) >= 11 is 6.07. The number of carbonyl (C=O) groups is 1. The Kier molecular flexibility index (Phi) is 5.92. The van der Waals surface area contributed by atoms with E-state index in [2.05, 4.69) is 5.32 Å². The summed E-state index contributed by atoms with van der Waals surface area (Å²) in [5.41, 5.74) is 3.63. The van der Waals surface area contributed by atoms with Gasteiger partial charge < -0.3 is 10.1 Å². The monoisotopic (exact) mass is 365 g/mol. The molecule has 0 aliphatic heterocycles. The zero-order chi connectivity index (χ0) is 18.4. The minimum atomic E-state index is -0.160. The summed E-state index contributed by atoms with van der Waals surface area (Å²) in [5, 5.41) is 3.44. The van der Waals surface area contributed by atoms with E-state index in [0.717, 1.165) is 22.4 Å². The first-order valence-electron chi connectivity index (χ1n) is 8.47. The Labute approximate surface area is 158 Å². The molecule has 3 aromatic carbocycles. The molecule has 0 spiro atoms. The van der Waals surface area contributed by atoms with Crippen molar-refractivity contribution in [2.45, 2.75) is 6.92 Å². The fourth-order valence-corrected chi connectivity index (χ4v) is 2.79. The number of benzene rings is 3. The number of halogens is 1. The molecular formula is C22H20ClNO2. The Morgan fingerprint density at radius 1 is 1.00 bits per heavy atom. The van der Waals surface area contributed by atoms with Crippen molar-refractivity contribution in [2.24, 2.45) is 0 Å². The lowest BCUT2D eigenvalue weighted by molar-refractivity contribution is 0.0947. The number of rotatable bonds is 6. The third-order valence-electron chi connectivity index (χ3n) is 4.05. The van der Waals surface area contributed by atoms with Gasteiger partial charge in [0.25, 0.3) is 5.91 Å². The molecule has 1 amide bonds. The van der Waals surface area contributed by atoms with Gasteiger partial charge in [-0.15, -0.1) is 0 Å². The van der Waals surface area contributed by atoms with Crippen LogP contribution >= 0.6 is 11.6 Å². The summed E-state index contributed by atoms with van der Waals surface area (Å²) in [7, 11) is 0. The quantitative estimate of drug-likeness (QED) is 0.615.